The third kappa shape index (κ3) is 10.4. The summed E-state index contributed by atoms with van der Waals surface area (Å²) >= 11 is 0.588. The first-order chi connectivity index (χ1) is 9.58. The maximum absolute atomic E-state index is 10.3. The van der Waals surface area contributed by atoms with Gasteiger partial charge >= 0.3 is 128 Å². The van der Waals surface area contributed by atoms with Crippen molar-refractivity contribution in [2.24, 2.45) is 0 Å². The van der Waals surface area contributed by atoms with Crippen LogP contribution in [0.4, 0.5) is 0 Å². The van der Waals surface area contributed by atoms with E-state index in [1.807, 2.05) is 6.07 Å². The Balaban J connectivity index is 1.86. The van der Waals surface area contributed by atoms with Crippen LogP contribution in [0.25, 0.3) is 0 Å². The maximum atomic E-state index is 10.3. The van der Waals surface area contributed by atoms with Gasteiger partial charge in [-0.1, -0.05) is 0 Å². The van der Waals surface area contributed by atoms with Gasteiger partial charge in [0.05, 0.1) is 0 Å². The van der Waals surface area contributed by atoms with E-state index in [1.165, 1.54) is 29.0 Å². The number of hydrogen-bond acceptors (Lipinski definition) is 3. The van der Waals surface area contributed by atoms with Crippen LogP contribution >= 0.6 is 0 Å². The first-order valence-corrected chi connectivity index (χ1v) is 10.3. The molecule has 0 aromatic heterocycles. The van der Waals surface area contributed by atoms with Crippen molar-refractivity contribution in [2.45, 2.75) is 43.8 Å². The quantitative estimate of drug-likeness (QED) is 0.372. The molecule has 0 radical (unpaired) electrons. The molecule has 0 bridgehead atoms. The monoisotopic (exact) mass is 366 g/mol. The van der Waals surface area contributed by atoms with Crippen molar-refractivity contribution < 1.29 is 17.2 Å². The summed E-state index contributed by atoms with van der Waals surface area (Å²) in [4.78, 5) is 0. The Morgan fingerprint density at radius 2 is 1.55 bits per heavy atom. The zero-order chi connectivity index (χ0) is 14.7. The van der Waals surface area contributed by atoms with Crippen LogP contribution in [0.5, 0.6) is 0 Å². The molecular formula is C14H22O4SSe. The Hall–Kier alpha value is -0.391. The van der Waals surface area contributed by atoms with E-state index in [2.05, 4.69) is 28.4 Å². The minimum absolute atomic E-state index is 0.0793. The molecule has 1 aromatic rings. The van der Waals surface area contributed by atoms with E-state index < -0.39 is 10.4 Å². The molecule has 0 aliphatic carbocycles. The van der Waals surface area contributed by atoms with Crippen LogP contribution in [-0.4, -0.2) is 34.5 Å². The molecule has 1 aromatic carbocycles. The van der Waals surface area contributed by atoms with Gasteiger partial charge in [-0.25, -0.2) is 0 Å². The fourth-order valence-corrected chi connectivity index (χ4v) is 4.07. The number of hydrogen-bond donors (Lipinski definition) is 1. The predicted molar refractivity (Wildman–Crippen MR) is 81.8 cm³/mol. The summed E-state index contributed by atoms with van der Waals surface area (Å²) in [5, 5.41) is 1.28. The second-order valence-corrected chi connectivity index (χ2v) is 8.07. The third-order valence-electron chi connectivity index (χ3n) is 2.78. The molecule has 0 aliphatic rings. The third-order valence-corrected chi connectivity index (χ3v) is 5.55. The van der Waals surface area contributed by atoms with E-state index in [0.29, 0.717) is 21.4 Å². The Kier molecular flexibility index (Phi) is 9.14. The number of unbranched alkanes of at least 4 members (excludes halogenated alkanes) is 5. The van der Waals surface area contributed by atoms with E-state index in [4.69, 9.17) is 4.55 Å². The normalized spacial score (nSPS) is 11.7. The molecule has 4 nitrogen and oxygen atoms in total. The van der Waals surface area contributed by atoms with Crippen LogP contribution in [0.2, 0.25) is 5.32 Å². The van der Waals surface area contributed by atoms with E-state index in [9.17, 15) is 8.42 Å². The Morgan fingerprint density at radius 3 is 2.20 bits per heavy atom. The molecule has 0 heterocycles. The summed E-state index contributed by atoms with van der Waals surface area (Å²) in [5.74, 6) is 0. The number of benzene rings is 1. The fourth-order valence-electron chi connectivity index (χ4n) is 1.78. The molecule has 0 saturated carbocycles. The van der Waals surface area contributed by atoms with Crippen molar-refractivity contribution in [3.63, 3.8) is 0 Å². The first-order valence-electron chi connectivity index (χ1n) is 6.87. The van der Waals surface area contributed by atoms with Gasteiger partial charge in [-0.05, 0) is 0 Å². The predicted octanol–water partition coefficient (Wildman–Crippen LogP) is 2.59. The molecule has 0 unspecified atom stereocenters. The molecule has 114 valence electrons. The Morgan fingerprint density at radius 1 is 0.950 bits per heavy atom. The van der Waals surface area contributed by atoms with Gasteiger partial charge in [0.25, 0.3) is 0 Å². The molecule has 0 spiro atoms. The van der Waals surface area contributed by atoms with Gasteiger partial charge in [0.15, 0.2) is 0 Å². The van der Waals surface area contributed by atoms with Crippen molar-refractivity contribution in [3.8, 4) is 0 Å². The standard InChI is InChI=1S/C14H22O4SSe/c15-19(16,17)18-12-8-3-1-2-4-9-13-20-14-10-6-5-7-11-14/h5-7,10-11H,1-4,8-9,12-13H2,(H,15,16,17). The molecule has 1 N–H and O–H groups in total. The molecule has 0 fully saturated rings. The van der Waals surface area contributed by atoms with Crippen LogP contribution in [0, 0.1) is 0 Å². The van der Waals surface area contributed by atoms with E-state index >= 15 is 0 Å². The van der Waals surface area contributed by atoms with Crippen molar-refractivity contribution in [1.29, 1.82) is 0 Å². The zero-order valence-electron chi connectivity index (χ0n) is 11.5. The van der Waals surface area contributed by atoms with Crippen LogP contribution in [0.3, 0.4) is 0 Å². The van der Waals surface area contributed by atoms with Crippen molar-refractivity contribution >= 4 is 29.8 Å². The molecule has 6 heteroatoms. The Labute approximate surface area is 128 Å². The summed E-state index contributed by atoms with van der Waals surface area (Å²) in [5.41, 5.74) is 0. The van der Waals surface area contributed by atoms with Gasteiger partial charge in [0, 0.05) is 0 Å². The molecule has 0 atom stereocenters. The summed E-state index contributed by atoms with van der Waals surface area (Å²) in [6.07, 6.45) is 6.38. The Bertz CT molecular complexity index is 448. The van der Waals surface area contributed by atoms with Gasteiger partial charge < -0.3 is 0 Å². The summed E-state index contributed by atoms with van der Waals surface area (Å²) in [6.45, 7) is 0.0793. The molecule has 0 aliphatic heterocycles. The van der Waals surface area contributed by atoms with Crippen LogP contribution < -0.4 is 4.46 Å². The average molecular weight is 365 g/mol. The molecule has 1 rings (SSSR count). The molecule has 0 amide bonds. The van der Waals surface area contributed by atoms with Crippen molar-refractivity contribution in [2.75, 3.05) is 6.61 Å². The van der Waals surface area contributed by atoms with E-state index in [0.717, 1.165) is 12.8 Å². The average Bonchev–Trinajstić information content (AvgIpc) is 2.41. The number of rotatable bonds is 11. The summed E-state index contributed by atoms with van der Waals surface area (Å²) in [7, 11) is -4.25. The van der Waals surface area contributed by atoms with Gasteiger partial charge in [-0.3, -0.25) is 0 Å². The topological polar surface area (TPSA) is 63.6 Å². The minimum atomic E-state index is -4.25. The molecule has 20 heavy (non-hydrogen) atoms. The van der Waals surface area contributed by atoms with Crippen molar-refractivity contribution in [3.05, 3.63) is 30.3 Å². The second-order valence-electron chi connectivity index (χ2n) is 4.53. The second kappa shape index (κ2) is 10.4. The molecule has 0 saturated heterocycles. The van der Waals surface area contributed by atoms with Gasteiger partial charge in [0.1, 0.15) is 0 Å². The van der Waals surface area contributed by atoms with Gasteiger partial charge in [0.2, 0.25) is 0 Å². The van der Waals surface area contributed by atoms with Gasteiger partial charge in [-0.15, -0.1) is 0 Å². The van der Waals surface area contributed by atoms with E-state index in [1.54, 1.807) is 0 Å². The van der Waals surface area contributed by atoms with E-state index in [-0.39, 0.29) is 6.61 Å². The van der Waals surface area contributed by atoms with Crippen molar-refractivity contribution in [1.82, 2.24) is 0 Å². The van der Waals surface area contributed by atoms with Crippen LogP contribution in [0.1, 0.15) is 38.5 Å². The summed E-state index contributed by atoms with van der Waals surface area (Å²) < 4.78 is 34.7. The molecular weight excluding hydrogens is 343 g/mol. The van der Waals surface area contributed by atoms with Gasteiger partial charge in [-0.2, -0.15) is 0 Å². The fraction of sp³-hybridized carbons (Fsp3) is 0.571. The zero-order valence-corrected chi connectivity index (χ0v) is 14.1. The SMILES string of the molecule is O=S(=O)(O)OCCCCCCCC[Se]c1ccccc1. The first kappa shape index (κ1) is 17.7. The summed E-state index contributed by atoms with van der Waals surface area (Å²) in [6, 6.07) is 10.6. The van der Waals surface area contributed by atoms with Crippen LogP contribution in [0.15, 0.2) is 30.3 Å². The van der Waals surface area contributed by atoms with Crippen LogP contribution in [-0.2, 0) is 14.6 Å².